The fourth-order valence-electron chi connectivity index (χ4n) is 2.32. The Hall–Kier alpha value is -3.17. The normalized spacial score (nSPS) is 11.6. The molecule has 0 bridgehead atoms. The monoisotopic (exact) mass is 364 g/mol. The highest BCUT2D eigenvalue weighted by Gasteiger charge is 2.35. The highest BCUT2D eigenvalue weighted by Crippen LogP contribution is 2.29. The van der Waals surface area contributed by atoms with Gasteiger partial charge in [-0.25, -0.2) is 9.67 Å². The summed E-state index contributed by atoms with van der Waals surface area (Å²) in [6, 6.07) is 8.50. The van der Waals surface area contributed by atoms with Crippen LogP contribution in [0.2, 0.25) is 0 Å². The van der Waals surface area contributed by atoms with E-state index in [0.717, 1.165) is 18.2 Å². The predicted octanol–water partition coefficient (Wildman–Crippen LogP) is 2.64. The number of carbonyl (C=O) groups excluding carboxylic acids is 1. The number of aryl methyl sites for hydroxylation is 2. The molecule has 0 saturated heterocycles. The van der Waals surface area contributed by atoms with Gasteiger partial charge >= 0.3 is 6.18 Å². The van der Waals surface area contributed by atoms with Crippen LogP contribution >= 0.6 is 0 Å². The van der Waals surface area contributed by atoms with Crippen LogP contribution in [0.25, 0.3) is 0 Å². The van der Waals surface area contributed by atoms with Crippen molar-refractivity contribution in [2.45, 2.75) is 19.6 Å². The second-order valence-corrected chi connectivity index (χ2v) is 5.74. The van der Waals surface area contributed by atoms with Crippen molar-refractivity contribution in [2.24, 2.45) is 7.05 Å². The first kappa shape index (κ1) is 17.6. The van der Waals surface area contributed by atoms with Gasteiger partial charge in [0, 0.05) is 13.1 Å². The molecule has 1 aromatic carbocycles. The van der Waals surface area contributed by atoms with Crippen molar-refractivity contribution in [1.82, 2.24) is 24.5 Å². The third-order valence-electron chi connectivity index (χ3n) is 3.63. The Bertz CT molecular complexity index is 926. The second kappa shape index (κ2) is 6.62. The summed E-state index contributed by atoms with van der Waals surface area (Å²) in [5, 5.41) is 10.0. The lowest BCUT2D eigenvalue weighted by molar-refractivity contribution is -0.143. The minimum Gasteiger partial charge on any atom is -0.288 e. The number of rotatable bonds is 4. The summed E-state index contributed by atoms with van der Waals surface area (Å²) < 4.78 is 40.4. The van der Waals surface area contributed by atoms with E-state index in [4.69, 9.17) is 0 Å². The molecule has 2 aromatic heterocycles. The van der Waals surface area contributed by atoms with E-state index >= 15 is 0 Å². The second-order valence-electron chi connectivity index (χ2n) is 5.74. The Kier molecular flexibility index (Phi) is 4.49. The van der Waals surface area contributed by atoms with Crippen molar-refractivity contribution in [3.63, 3.8) is 0 Å². The molecule has 0 atom stereocenters. The lowest BCUT2D eigenvalue weighted by Gasteiger charge is -2.04. The molecule has 3 rings (SSSR count). The highest BCUT2D eigenvalue weighted by molar-refractivity contribution is 6.01. The van der Waals surface area contributed by atoms with Gasteiger partial charge in [0.1, 0.15) is 12.0 Å². The minimum absolute atomic E-state index is 0.0127. The third-order valence-corrected chi connectivity index (χ3v) is 3.63. The van der Waals surface area contributed by atoms with Crippen LogP contribution in [0.1, 0.15) is 27.3 Å². The van der Waals surface area contributed by atoms with Crippen LogP contribution in [0.5, 0.6) is 0 Å². The lowest BCUT2D eigenvalue weighted by Crippen LogP contribution is -2.14. The van der Waals surface area contributed by atoms with Crippen molar-refractivity contribution in [2.75, 3.05) is 5.32 Å². The SMILES string of the molecule is Cc1ccc(Cn2cnc(NC(=O)c3cc(C(F)(F)F)n(C)n3)n2)cc1. The molecule has 0 spiro atoms. The third kappa shape index (κ3) is 3.90. The zero-order chi connectivity index (χ0) is 18.9. The Morgan fingerprint density at radius 1 is 1.19 bits per heavy atom. The molecule has 7 nitrogen and oxygen atoms in total. The molecular formula is C16H15F3N6O. The first-order valence-corrected chi connectivity index (χ1v) is 7.60. The van der Waals surface area contributed by atoms with E-state index in [-0.39, 0.29) is 11.6 Å². The van der Waals surface area contributed by atoms with E-state index in [1.165, 1.54) is 11.0 Å². The van der Waals surface area contributed by atoms with Crippen molar-refractivity contribution in [3.8, 4) is 0 Å². The van der Waals surface area contributed by atoms with Crippen molar-refractivity contribution in [3.05, 3.63) is 59.2 Å². The number of aromatic nitrogens is 5. The Morgan fingerprint density at radius 3 is 2.50 bits per heavy atom. The van der Waals surface area contributed by atoms with Crippen molar-refractivity contribution in [1.29, 1.82) is 0 Å². The Labute approximate surface area is 146 Å². The molecule has 0 saturated carbocycles. The molecule has 0 unspecified atom stereocenters. The van der Waals surface area contributed by atoms with Crippen LogP contribution in [-0.4, -0.2) is 30.5 Å². The van der Waals surface area contributed by atoms with Gasteiger partial charge in [-0.1, -0.05) is 29.8 Å². The molecule has 10 heteroatoms. The number of hydrogen-bond acceptors (Lipinski definition) is 4. The van der Waals surface area contributed by atoms with Crippen LogP contribution < -0.4 is 5.32 Å². The van der Waals surface area contributed by atoms with Gasteiger partial charge in [0.05, 0.1) is 6.54 Å². The summed E-state index contributed by atoms with van der Waals surface area (Å²) in [6.45, 7) is 2.43. The first-order valence-electron chi connectivity index (χ1n) is 7.60. The number of alkyl halides is 3. The first-order chi connectivity index (χ1) is 12.2. The quantitative estimate of drug-likeness (QED) is 0.772. The van der Waals surface area contributed by atoms with E-state index in [9.17, 15) is 18.0 Å². The number of halogens is 3. The van der Waals surface area contributed by atoms with Gasteiger partial charge in [-0.3, -0.25) is 14.8 Å². The van der Waals surface area contributed by atoms with Gasteiger partial charge in [0.25, 0.3) is 5.91 Å². The summed E-state index contributed by atoms with van der Waals surface area (Å²) in [5.41, 5.74) is 0.752. The van der Waals surface area contributed by atoms with Crippen molar-refractivity contribution < 1.29 is 18.0 Å². The summed E-state index contributed by atoms with van der Waals surface area (Å²) in [5.74, 6) is -0.828. The molecule has 0 fully saturated rings. The van der Waals surface area contributed by atoms with E-state index in [1.807, 2.05) is 31.2 Å². The Balaban J connectivity index is 1.69. The van der Waals surface area contributed by atoms with Crippen LogP contribution in [0.15, 0.2) is 36.7 Å². The van der Waals surface area contributed by atoms with Gasteiger partial charge in [-0.15, -0.1) is 5.10 Å². The molecule has 136 valence electrons. The molecule has 2 heterocycles. The van der Waals surface area contributed by atoms with Crippen molar-refractivity contribution >= 4 is 11.9 Å². The maximum absolute atomic E-state index is 12.8. The molecule has 1 N–H and O–H groups in total. The van der Waals surface area contributed by atoms with E-state index in [1.54, 1.807) is 0 Å². The number of amides is 1. The number of benzene rings is 1. The summed E-state index contributed by atoms with van der Waals surface area (Å²) in [6.07, 6.45) is -3.16. The van der Waals surface area contributed by atoms with Crippen LogP contribution in [0.3, 0.4) is 0 Å². The minimum atomic E-state index is -4.59. The standard InChI is InChI=1S/C16H15F3N6O/c1-10-3-5-11(6-4-10)8-25-9-20-15(23-25)21-14(26)12-7-13(16(17,18)19)24(2)22-12/h3-7,9H,8H2,1-2H3,(H,21,23,26). The molecule has 3 aromatic rings. The molecule has 0 aliphatic carbocycles. The van der Waals surface area contributed by atoms with E-state index in [0.29, 0.717) is 17.3 Å². The molecule has 0 aliphatic rings. The number of carbonyl (C=O) groups is 1. The fraction of sp³-hybridized carbons (Fsp3) is 0.250. The maximum atomic E-state index is 12.8. The molecule has 26 heavy (non-hydrogen) atoms. The smallest absolute Gasteiger partial charge is 0.288 e. The zero-order valence-corrected chi connectivity index (χ0v) is 13.9. The summed E-state index contributed by atoms with van der Waals surface area (Å²) in [4.78, 5) is 16.0. The van der Waals surface area contributed by atoms with Gasteiger partial charge in [-0.2, -0.15) is 18.3 Å². The fourth-order valence-corrected chi connectivity index (χ4v) is 2.32. The number of nitrogens with zero attached hydrogens (tertiary/aromatic N) is 5. The zero-order valence-electron chi connectivity index (χ0n) is 13.9. The number of anilines is 1. The van der Waals surface area contributed by atoms with Gasteiger partial charge in [0.2, 0.25) is 5.95 Å². The molecule has 1 amide bonds. The van der Waals surface area contributed by atoms with Gasteiger partial charge in [-0.05, 0) is 12.5 Å². The summed E-state index contributed by atoms with van der Waals surface area (Å²) >= 11 is 0. The average Bonchev–Trinajstić information content (AvgIpc) is 3.16. The molecule has 0 aliphatic heterocycles. The van der Waals surface area contributed by atoms with Crippen LogP contribution in [-0.2, 0) is 19.8 Å². The topological polar surface area (TPSA) is 77.6 Å². The number of nitrogens with one attached hydrogen (secondary N) is 1. The molecular weight excluding hydrogens is 349 g/mol. The lowest BCUT2D eigenvalue weighted by atomic mass is 10.1. The van der Waals surface area contributed by atoms with Gasteiger partial charge < -0.3 is 0 Å². The average molecular weight is 364 g/mol. The van der Waals surface area contributed by atoms with Crippen LogP contribution in [0, 0.1) is 6.92 Å². The van der Waals surface area contributed by atoms with Gasteiger partial charge in [0.15, 0.2) is 5.69 Å². The van der Waals surface area contributed by atoms with E-state index < -0.39 is 17.8 Å². The molecule has 0 radical (unpaired) electrons. The van der Waals surface area contributed by atoms with Crippen LogP contribution in [0.4, 0.5) is 19.1 Å². The largest absolute Gasteiger partial charge is 0.433 e. The predicted molar refractivity (Wildman–Crippen MR) is 86.5 cm³/mol. The number of hydrogen-bond donors (Lipinski definition) is 1. The summed E-state index contributed by atoms with van der Waals surface area (Å²) in [7, 11) is 1.12. The Morgan fingerprint density at radius 2 is 1.88 bits per heavy atom. The van der Waals surface area contributed by atoms with E-state index in [2.05, 4.69) is 20.5 Å². The highest BCUT2D eigenvalue weighted by atomic mass is 19.4. The maximum Gasteiger partial charge on any atom is 0.433 e.